The van der Waals surface area contributed by atoms with E-state index in [-0.39, 0.29) is 35.1 Å². The van der Waals surface area contributed by atoms with Gasteiger partial charge in [-0.25, -0.2) is 19.2 Å². The molecule has 2 aromatic carbocycles. The lowest BCUT2D eigenvalue weighted by Gasteiger charge is -2.50. The fourth-order valence-electron chi connectivity index (χ4n) is 8.41. The molecule has 1 spiro atoms. The molecule has 3 fully saturated rings. The van der Waals surface area contributed by atoms with Gasteiger partial charge in [-0.05, 0) is 94.9 Å². The lowest BCUT2D eigenvalue weighted by atomic mass is 9.74. The van der Waals surface area contributed by atoms with Gasteiger partial charge in [0.15, 0.2) is 5.82 Å². The van der Waals surface area contributed by atoms with Crippen LogP contribution in [0.5, 0.6) is 0 Å². The van der Waals surface area contributed by atoms with Gasteiger partial charge in [0.25, 0.3) is 0 Å². The first-order valence-electron chi connectivity index (χ1n) is 17.6. The number of imidazole rings is 1. The van der Waals surface area contributed by atoms with Crippen molar-refractivity contribution < 1.29 is 23.9 Å². The first-order chi connectivity index (χ1) is 23.9. The first kappa shape index (κ1) is 32.4. The second-order valence-electron chi connectivity index (χ2n) is 14.8. The molecule has 2 N–H and O–H groups in total. The fraction of sp³-hybridized carbons (Fsp3) is 0.447. The number of benzene rings is 2. The van der Waals surface area contributed by atoms with E-state index in [1.807, 2.05) is 47.6 Å². The van der Waals surface area contributed by atoms with Crippen molar-refractivity contribution in [1.82, 2.24) is 24.3 Å². The average Bonchev–Trinajstić information content (AvgIpc) is 3.58. The van der Waals surface area contributed by atoms with Crippen molar-refractivity contribution in [2.45, 2.75) is 83.3 Å². The van der Waals surface area contributed by atoms with E-state index in [1.165, 1.54) is 31.4 Å². The Hall–Kier alpha value is -4.84. The summed E-state index contributed by atoms with van der Waals surface area (Å²) in [6.45, 7) is 10.1. The number of fused-ring (bicyclic) bond motifs is 3. The summed E-state index contributed by atoms with van der Waals surface area (Å²) >= 11 is 0. The summed E-state index contributed by atoms with van der Waals surface area (Å²) in [7, 11) is 0. The van der Waals surface area contributed by atoms with Gasteiger partial charge in [0, 0.05) is 49.4 Å². The molecular formula is C38H42FN7O4. The maximum absolute atomic E-state index is 15.3. The number of anilines is 3. The van der Waals surface area contributed by atoms with Gasteiger partial charge in [-0.15, -0.1) is 0 Å². The predicted octanol–water partition coefficient (Wildman–Crippen LogP) is 6.03. The van der Waals surface area contributed by atoms with E-state index < -0.39 is 17.2 Å². The number of carboxylic acids is 1. The van der Waals surface area contributed by atoms with Crippen LogP contribution < -0.4 is 10.2 Å². The van der Waals surface area contributed by atoms with E-state index in [0.29, 0.717) is 47.2 Å². The Bertz CT molecular complexity index is 2060. The number of carboxylic acid groups (broad SMARTS) is 1. The van der Waals surface area contributed by atoms with Crippen molar-refractivity contribution in [1.29, 1.82) is 0 Å². The third-order valence-corrected chi connectivity index (χ3v) is 11.3. The number of nitrogens with zero attached hydrogens (tertiary/aromatic N) is 6. The maximum Gasteiger partial charge on any atom is 0.336 e. The second-order valence-corrected chi connectivity index (χ2v) is 14.8. The normalized spacial score (nSPS) is 21.4. The summed E-state index contributed by atoms with van der Waals surface area (Å²) in [4.78, 5) is 54.5. The van der Waals surface area contributed by atoms with Crippen LogP contribution >= 0.6 is 0 Å². The number of aromatic nitrogens is 3. The lowest BCUT2D eigenvalue weighted by Crippen LogP contribution is -2.66. The molecule has 2 amide bonds. The minimum Gasteiger partial charge on any atom is -0.478 e. The van der Waals surface area contributed by atoms with Gasteiger partial charge in [0.2, 0.25) is 11.8 Å². The minimum absolute atomic E-state index is 0.00336. The monoisotopic (exact) mass is 679 g/mol. The number of rotatable bonds is 7. The van der Waals surface area contributed by atoms with Crippen LogP contribution in [0.15, 0.2) is 42.7 Å². The summed E-state index contributed by atoms with van der Waals surface area (Å²) in [6.07, 6.45) is 7.29. The Labute approximate surface area is 290 Å². The maximum atomic E-state index is 15.3. The number of hydrogen-bond acceptors (Lipinski definition) is 7. The highest BCUT2D eigenvalue weighted by Crippen LogP contribution is 2.51. The fourth-order valence-corrected chi connectivity index (χ4v) is 8.41. The van der Waals surface area contributed by atoms with Crippen molar-refractivity contribution in [2.75, 3.05) is 36.4 Å². The molecule has 260 valence electrons. The highest BCUT2D eigenvalue weighted by atomic mass is 19.1. The highest BCUT2D eigenvalue weighted by Gasteiger charge is 2.61. The number of amides is 2. The Kier molecular flexibility index (Phi) is 7.70. The van der Waals surface area contributed by atoms with E-state index in [9.17, 15) is 19.5 Å². The van der Waals surface area contributed by atoms with Crippen molar-refractivity contribution in [3.05, 3.63) is 65.2 Å². The second kappa shape index (κ2) is 11.9. The van der Waals surface area contributed by atoms with Crippen LogP contribution in [-0.2, 0) is 15.0 Å². The van der Waals surface area contributed by atoms with E-state index in [2.05, 4.69) is 15.2 Å². The molecule has 2 aromatic heterocycles. The van der Waals surface area contributed by atoms with Gasteiger partial charge < -0.3 is 29.7 Å². The molecule has 3 aliphatic heterocycles. The number of pyridine rings is 1. The number of hydrogen-bond donors (Lipinski definition) is 2. The van der Waals surface area contributed by atoms with Gasteiger partial charge in [-0.1, -0.05) is 18.6 Å². The molecule has 12 heteroatoms. The zero-order chi connectivity index (χ0) is 35.1. The number of halogens is 1. The van der Waals surface area contributed by atoms with E-state index >= 15 is 4.39 Å². The molecule has 1 saturated carbocycles. The van der Waals surface area contributed by atoms with Gasteiger partial charge in [0.05, 0.1) is 28.8 Å². The van der Waals surface area contributed by atoms with Gasteiger partial charge in [-0.2, -0.15) is 0 Å². The Morgan fingerprint density at radius 1 is 1.04 bits per heavy atom. The molecule has 1 aliphatic carbocycles. The van der Waals surface area contributed by atoms with Crippen LogP contribution in [0.1, 0.15) is 80.4 Å². The number of likely N-dealkylation sites (tertiary alicyclic amines) is 2. The molecule has 50 heavy (non-hydrogen) atoms. The summed E-state index contributed by atoms with van der Waals surface area (Å²) in [5, 5.41) is 12.8. The lowest BCUT2D eigenvalue weighted by molar-refractivity contribution is -0.142. The van der Waals surface area contributed by atoms with Gasteiger partial charge in [-0.3, -0.25) is 9.59 Å². The number of aromatic carboxylic acids is 1. The highest BCUT2D eigenvalue weighted by molar-refractivity contribution is 6.11. The van der Waals surface area contributed by atoms with Crippen LogP contribution in [0.4, 0.5) is 21.6 Å². The molecule has 11 nitrogen and oxygen atoms in total. The number of piperidine rings is 1. The van der Waals surface area contributed by atoms with Crippen LogP contribution in [-0.4, -0.2) is 85.5 Å². The average molecular weight is 680 g/mol. The minimum atomic E-state index is -1.15. The largest absolute Gasteiger partial charge is 0.478 e. The molecule has 0 bridgehead atoms. The van der Waals surface area contributed by atoms with Crippen LogP contribution in [0, 0.1) is 12.7 Å². The number of carbonyl (C=O) groups is 3. The molecule has 4 aliphatic rings. The Morgan fingerprint density at radius 3 is 2.46 bits per heavy atom. The zero-order valence-electron chi connectivity index (χ0n) is 28.9. The third kappa shape index (κ3) is 5.06. The molecule has 4 aromatic rings. The molecule has 0 radical (unpaired) electrons. The van der Waals surface area contributed by atoms with Crippen LogP contribution in [0.2, 0.25) is 0 Å². The summed E-state index contributed by atoms with van der Waals surface area (Å²) in [5.74, 6) is -1.37. The predicted molar refractivity (Wildman–Crippen MR) is 188 cm³/mol. The smallest absolute Gasteiger partial charge is 0.336 e. The molecule has 0 unspecified atom stereocenters. The standard InChI is InChI=1S/C38H42FN7O4/c1-21(2)45-20-40-32-17-30(41-35(34(32)45)42-31-16-27(36(48)49)22(3)12-29(31)39)24-8-9-28-33(13-24)46(37(50)38(28)18-44(19-38)23(4)47)26-14-25(15-26)43-10-6-5-7-11-43/h8-9,12-13,16-17,20-21,25-26H,5-7,10-11,14-15,18-19H2,1-4H3,(H,41,42)(H,48,49). The molecular weight excluding hydrogens is 637 g/mol. The van der Waals surface area contributed by atoms with E-state index in [0.717, 1.165) is 42.7 Å². The number of aryl methyl sites for hydroxylation is 1. The molecule has 2 saturated heterocycles. The van der Waals surface area contributed by atoms with Crippen molar-refractivity contribution in [3.8, 4) is 11.3 Å². The molecule has 0 atom stereocenters. The first-order valence-corrected chi connectivity index (χ1v) is 17.6. The quantitative estimate of drug-likeness (QED) is 0.243. The molecule has 5 heterocycles. The van der Waals surface area contributed by atoms with Crippen LogP contribution in [0.25, 0.3) is 22.3 Å². The SMILES string of the molecule is CC(=O)N1CC2(C1)C(=O)N(C1CC(N3CCCCC3)C1)c1cc(-c3cc4ncn(C(C)C)c4c(Nc4cc(C(=O)O)c(C)cc4F)n3)ccc12. The van der Waals surface area contributed by atoms with Crippen molar-refractivity contribution in [3.63, 3.8) is 0 Å². The topological polar surface area (TPSA) is 124 Å². The van der Waals surface area contributed by atoms with Crippen molar-refractivity contribution >= 4 is 46.0 Å². The Balaban J connectivity index is 1.20. The van der Waals surface area contributed by atoms with Gasteiger partial charge >= 0.3 is 5.97 Å². The molecule has 8 rings (SSSR count). The van der Waals surface area contributed by atoms with E-state index in [4.69, 9.17) is 4.98 Å². The zero-order valence-corrected chi connectivity index (χ0v) is 28.9. The Morgan fingerprint density at radius 2 is 1.78 bits per heavy atom. The van der Waals surface area contributed by atoms with Gasteiger partial charge in [0.1, 0.15) is 16.7 Å². The third-order valence-electron chi connectivity index (χ3n) is 11.3. The summed E-state index contributed by atoms with van der Waals surface area (Å²) in [5.41, 5.74) is 4.01. The number of carbonyl (C=O) groups excluding carboxylic acids is 2. The van der Waals surface area contributed by atoms with Crippen LogP contribution in [0.3, 0.4) is 0 Å². The number of nitrogens with one attached hydrogen (secondary N) is 1. The van der Waals surface area contributed by atoms with E-state index in [1.54, 1.807) is 25.1 Å². The summed E-state index contributed by atoms with van der Waals surface area (Å²) < 4.78 is 17.2. The van der Waals surface area contributed by atoms with Crippen molar-refractivity contribution in [2.24, 2.45) is 0 Å². The summed E-state index contributed by atoms with van der Waals surface area (Å²) in [6, 6.07) is 11.0.